The monoisotopic (exact) mass is 220 g/mol. The Morgan fingerprint density at radius 3 is 2.12 bits per heavy atom. The maximum absolute atomic E-state index is 4.50. The average molecular weight is 220 g/mol. The summed E-state index contributed by atoms with van der Waals surface area (Å²) >= 11 is 0. The molecule has 2 heterocycles. The second kappa shape index (κ2) is 4.78. The summed E-state index contributed by atoms with van der Waals surface area (Å²) < 4.78 is 0. The van der Waals surface area contributed by atoms with Crippen molar-refractivity contribution in [1.29, 1.82) is 0 Å². The van der Waals surface area contributed by atoms with Crippen molar-refractivity contribution < 1.29 is 0 Å². The van der Waals surface area contributed by atoms with Crippen LogP contribution in [0.5, 0.6) is 0 Å². The van der Waals surface area contributed by atoms with E-state index in [1.807, 2.05) is 19.9 Å². The van der Waals surface area contributed by atoms with Gasteiger partial charge in [-0.05, 0) is 26.5 Å². The molecule has 1 aliphatic rings. The Bertz CT molecular complexity index is 336. The van der Waals surface area contributed by atoms with E-state index in [-0.39, 0.29) is 0 Å². The quantitative estimate of drug-likeness (QED) is 0.750. The highest BCUT2D eigenvalue weighted by molar-refractivity contribution is 5.32. The van der Waals surface area contributed by atoms with Gasteiger partial charge in [0.05, 0.1) is 0 Å². The predicted molar refractivity (Wildman–Crippen MR) is 65.8 cm³/mol. The Morgan fingerprint density at radius 2 is 1.62 bits per heavy atom. The number of piperazine rings is 1. The summed E-state index contributed by atoms with van der Waals surface area (Å²) in [5, 5.41) is 0. The standard InChI is InChI=1S/C12H20N4/c1-4-15-5-7-16(8-6-15)12-13-10(2)9-11(3)14-12/h9H,4-8H2,1-3H3. The molecule has 1 aromatic rings. The molecule has 16 heavy (non-hydrogen) atoms. The minimum absolute atomic E-state index is 0.897. The molecule has 0 saturated carbocycles. The highest BCUT2D eigenvalue weighted by atomic mass is 15.3. The van der Waals surface area contributed by atoms with Gasteiger partial charge in [0.25, 0.3) is 0 Å². The zero-order chi connectivity index (χ0) is 11.5. The van der Waals surface area contributed by atoms with Crippen molar-refractivity contribution in [2.75, 3.05) is 37.6 Å². The second-order valence-electron chi connectivity index (χ2n) is 4.37. The topological polar surface area (TPSA) is 32.3 Å². The van der Waals surface area contributed by atoms with Crippen LogP contribution >= 0.6 is 0 Å². The highest BCUT2D eigenvalue weighted by Crippen LogP contribution is 2.12. The van der Waals surface area contributed by atoms with Crippen molar-refractivity contribution in [3.8, 4) is 0 Å². The van der Waals surface area contributed by atoms with Crippen LogP contribution in [-0.2, 0) is 0 Å². The SMILES string of the molecule is CCN1CCN(c2nc(C)cc(C)n2)CC1. The number of nitrogens with zero attached hydrogens (tertiary/aromatic N) is 4. The van der Waals surface area contributed by atoms with Crippen molar-refractivity contribution in [3.63, 3.8) is 0 Å². The van der Waals surface area contributed by atoms with Crippen molar-refractivity contribution in [2.24, 2.45) is 0 Å². The number of aryl methyl sites for hydroxylation is 2. The molecule has 88 valence electrons. The molecule has 0 spiro atoms. The first-order chi connectivity index (χ1) is 7.69. The van der Waals surface area contributed by atoms with Gasteiger partial charge in [-0.3, -0.25) is 0 Å². The van der Waals surface area contributed by atoms with Crippen molar-refractivity contribution in [2.45, 2.75) is 20.8 Å². The zero-order valence-electron chi connectivity index (χ0n) is 10.4. The molecule has 1 aromatic heterocycles. The lowest BCUT2D eigenvalue weighted by Gasteiger charge is -2.34. The number of rotatable bonds is 2. The first-order valence-corrected chi connectivity index (χ1v) is 5.98. The number of aromatic nitrogens is 2. The van der Waals surface area contributed by atoms with Crippen molar-refractivity contribution in [3.05, 3.63) is 17.5 Å². The number of hydrogen-bond donors (Lipinski definition) is 0. The van der Waals surface area contributed by atoms with Crippen LogP contribution in [0, 0.1) is 13.8 Å². The normalized spacial score (nSPS) is 17.8. The summed E-state index contributed by atoms with van der Waals surface area (Å²) in [5.74, 6) is 0.897. The molecule has 0 N–H and O–H groups in total. The number of anilines is 1. The van der Waals surface area contributed by atoms with E-state index in [9.17, 15) is 0 Å². The lowest BCUT2D eigenvalue weighted by Crippen LogP contribution is -2.46. The summed E-state index contributed by atoms with van der Waals surface area (Å²) in [7, 11) is 0. The van der Waals surface area contributed by atoms with E-state index in [0.29, 0.717) is 0 Å². The van der Waals surface area contributed by atoms with Crippen molar-refractivity contribution in [1.82, 2.24) is 14.9 Å². The van der Waals surface area contributed by atoms with Crippen LogP contribution in [0.1, 0.15) is 18.3 Å². The molecule has 4 heteroatoms. The van der Waals surface area contributed by atoms with Gasteiger partial charge in [-0.2, -0.15) is 0 Å². The summed E-state index contributed by atoms with van der Waals surface area (Å²) in [6.45, 7) is 11.7. The van der Waals surface area contributed by atoms with Gasteiger partial charge in [0, 0.05) is 37.6 Å². The molecule has 0 bridgehead atoms. The maximum atomic E-state index is 4.50. The van der Waals surface area contributed by atoms with Gasteiger partial charge in [0.15, 0.2) is 0 Å². The smallest absolute Gasteiger partial charge is 0.225 e. The fourth-order valence-electron chi connectivity index (χ4n) is 2.11. The average Bonchev–Trinajstić information content (AvgIpc) is 2.28. The van der Waals surface area contributed by atoms with Crippen LogP contribution in [0.2, 0.25) is 0 Å². The Labute approximate surface area is 97.3 Å². The van der Waals surface area contributed by atoms with Gasteiger partial charge in [0.1, 0.15) is 0 Å². The van der Waals surface area contributed by atoms with E-state index in [1.54, 1.807) is 0 Å². The number of likely N-dealkylation sites (N-methyl/N-ethyl adjacent to an activating group) is 1. The molecule has 0 radical (unpaired) electrons. The molecule has 0 atom stereocenters. The molecule has 0 aromatic carbocycles. The molecule has 0 aliphatic carbocycles. The van der Waals surface area contributed by atoms with Crippen LogP contribution in [0.4, 0.5) is 5.95 Å². The lowest BCUT2D eigenvalue weighted by molar-refractivity contribution is 0.270. The van der Waals surface area contributed by atoms with Crippen LogP contribution in [0.25, 0.3) is 0 Å². The van der Waals surface area contributed by atoms with Gasteiger partial charge in [-0.1, -0.05) is 6.92 Å². The van der Waals surface area contributed by atoms with E-state index >= 15 is 0 Å². The van der Waals surface area contributed by atoms with Crippen LogP contribution in [0.3, 0.4) is 0 Å². The summed E-state index contributed by atoms with van der Waals surface area (Å²) in [4.78, 5) is 13.8. The number of hydrogen-bond acceptors (Lipinski definition) is 4. The molecular weight excluding hydrogens is 200 g/mol. The van der Waals surface area contributed by atoms with Gasteiger partial charge in [0.2, 0.25) is 5.95 Å². The molecule has 0 amide bonds. The summed E-state index contributed by atoms with van der Waals surface area (Å²) in [6.07, 6.45) is 0. The predicted octanol–water partition coefficient (Wildman–Crippen LogP) is 1.24. The first kappa shape index (κ1) is 11.3. The van der Waals surface area contributed by atoms with Crippen molar-refractivity contribution >= 4 is 5.95 Å². The van der Waals surface area contributed by atoms with E-state index in [2.05, 4.69) is 26.7 Å². The van der Waals surface area contributed by atoms with E-state index < -0.39 is 0 Å². The van der Waals surface area contributed by atoms with Crippen LogP contribution in [0.15, 0.2) is 6.07 Å². The third kappa shape index (κ3) is 2.50. The third-order valence-electron chi connectivity index (χ3n) is 3.07. The molecule has 1 aliphatic heterocycles. The van der Waals surface area contributed by atoms with Gasteiger partial charge in [-0.15, -0.1) is 0 Å². The minimum atomic E-state index is 0.897. The Hall–Kier alpha value is -1.16. The van der Waals surface area contributed by atoms with E-state index in [1.165, 1.54) is 0 Å². The minimum Gasteiger partial charge on any atom is -0.338 e. The maximum Gasteiger partial charge on any atom is 0.225 e. The summed E-state index contributed by atoms with van der Waals surface area (Å²) in [5.41, 5.74) is 2.11. The first-order valence-electron chi connectivity index (χ1n) is 5.98. The van der Waals surface area contributed by atoms with E-state index in [4.69, 9.17) is 0 Å². The fraction of sp³-hybridized carbons (Fsp3) is 0.667. The van der Waals surface area contributed by atoms with Gasteiger partial charge < -0.3 is 9.80 Å². The van der Waals surface area contributed by atoms with Crippen LogP contribution in [-0.4, -0.2) is 47.6 Å². The molecule has 2 rings (SSSR count). The molecule has 4 nitrogen and oxygen atoms in total. The summed E-state index contributed by atoms with van der Waals surface area (Å²) in [6, 6.07) is 2.02. The Balaban J connectivity index is 2.08. The largest absolute Gasteiger partial charge is 0.338 e. The fourth-order valence-corrected chi connectivity index (χ4v) is 2.11. The Morgan fingerprint density at radius 1 is 1.06 bits per heavy atom. The van der Waals surface area contributed by atoms with Gasteiger partial charge in [-0.25, -0.2) is 9.97 Å². The Kier molecular flexibility index (Phi) is 3.39. The zero-order valence-corrected chi connectivity index (χ0v) is 10.4. The highest BCUT2D eigenvalue weighted by Gasteiger charge is 2.17. The second-order valence-corrected chi connectivity index (χ2v) is 4.37. The molecule has 1 fully saturated rings. The van der Waals surface area contributed by atoms with Crippen LogP contribution < -0.4 is 4.90 Å². The van der Waals surface area contributed by atoms with Gasteiger partial charge >= 0.3 is 0 Å². The molecular formula is C12H20N4. The lowest BCUT2D eigenvalue weighted by atomic mass is 10.3. The van der Waals surface area contributed by atoms with E-state index in [0.717, 1.165) is 50.1 Å². The molecule has 0 unspecified atom stereocenters. The molecule has 1 saturated heterocycles. The third-order valence-corrected chi connectivity index (χ3v) is 3.07.